The highest BCUT2D eigenvalue weighted by Crippen LogP contribution is 2.12. The van der Waals surface area contributed by atoms with Gasteiger partial charge in [-0.15, -0.1) is 0 Å². The Morgan fingerprint density at radius 1 is 1.05 bits per heavy atom. The number of rotatable bonds is 11. The number of hydrogen-bond acceptors (Lipinski definition) is 9. The second-order valence-corrected chi connectivity index (χ2v) is 4.13. The Labute approximate surface area is 125 Å². The first kappa shape index (κ1) is 17.3. The molecule has 1 rings (SSSR count). The minimum absolute atomic E-state index is 0.328. The number of methoxy groups -OCH3 is 1. The molecule has 1 aromatic rings. The molecule has 0 bridgehead atoms. The number of aromatic nitrogens is 3. The summed E-state index contributed by atoms with van der Waals surface area (Å²) in [6, 6.07) is 0. The summed E-state index contributed by atoms with van der Waals surface area (Å²) in [6.45, 7) is 7.98. The van der Waals surface area contributed by atoms with E-state index in [9.17, 15) is 0 Å². The smallest absolute Gasteiger partial charge is 0.243 e. The zero-order chi connectivity index (χ0) is 15.5. The van der Waals surface area contributed by atoms with Crippen LogP contribution in [0, 0.1) is 0 Å². The first-order valence-corrected chi connectivity index (χ1v) is 7.03. The van der Waals surface area contributed by atoms with Crippen molar-refractivity contribution < 1.29 is 9.47 Å². The molecule has 0 fully saturated rings. The van der Waals surface area contributed by atoms with E-state index in [0.29, 0.717) is 44.2 Å². The largest absolute Gasteiger partial charge is 0.382 e. The van der Waals surface area contributed by atoms with E-state index in [2.05, 4.69) is 25.7 Å². The molecule has 0 saturated carbocycles. The topological polar surface area (TPSA) is 110 Å². The van der Waals surface area contributed by atoms with Crippen molar-refractivity contribution in [3.05, 3.63) is 0 Å². The maximum atomic E-state index is 5.39. The first-order chi connectivity index (χ1) is 10.2. The van der Waals surface area contributed by atoms with Crippen molar-refractivity contribution in [1.82, 2.24) is 15.0 Å². The average molecular weight is 299 g/mol. The Kier molecular flexibility index (Phi) is 8.32. The van der Waals surface area contributed by atoms with E-state index < -0.39 is 0 Å². The van der Waals surface area contributed by atoms with Gasteiger partial charge in [0.05, 0.1) is 19.8 Å². The van der Waals surface area contributed by atoms with Crippen LogP contribution in [0.4, 0.5) is 17.8 Å². The Morgan fingerprint density at radius 3 is 2.38 bits per heavy atom. The second-order valence-electron chi connectivity index (χ2n) is 4.13. The zero-order valence-corrected chi connectivity index (χ0v) is 12.9. The molecule has 1 aromatic heterocycles. The third-order valence-electron chi connectivity index (χ3n) is 2.76. The molecule has 1 heterocycles. The molecular formula is C12H25N7O2. The van der Waals surface area contributed by atoms with Crippen LogP contribution in [-0.4, -0.2) is 61.5 Å². The fourth-order valence-corrected chi connectivity index (χ4v) is 1.64. The first-order valence-electron chi connectivity index (χ1n) is 7.03. The van der Waals surface area contributed by atoms with Crippen LogP contribution in [0.5, 0.6) is 0 Å². The molecule has 0 atom stereocenters. The van der Waals surface area contributed by atoms with Crippen LogP contribution in [0.3, 0.4) is 0 Å². The van der Waals surface area contributed by atoms with Gasteiger partial charge in [-0.2, -0.15) is 15.0 Å². The Hall–Kier alpha value is -1.71. The number of hydrogen-bond donors (Lipinski definition) is 3. The van der Waals surface area contributed by atoms with Crippen molar-refractivity contribution in [2.75, 3.05) is 62.2 Å². The monoisotopic (exact) mass is 299 g/mol. The van der Waals surface area contributed by atoms with Gasteiger partial charge in [0.1, 0.15) is 0 Å². The summed E-state index contributed by atoms with van der Waals surface area (Å²) in [7, 11) is 1.64. The fraction of sp³-hybridized carbons (Fsp3) is 0.750. The molecule has 0 unspecified atom stereocenters. The lowest BCUT2D eigenvalue weighted by atomic mass is 10.5. The maximum Gasteiger partial charge on any atom is 0.243 e. The van der Waals surface area contributed by atoms with Crippen LogP contribution in [0.1, 0.15) is 13.8 Å². The number of nitrogens with zero attached hydrogens (tertiary/aromatic N) is 4. The molecule has 0 aliphatic carbocycles. The standard InChI is InChI=1S/C12H25N7O2/c1-4-19(5-2)12-16-10(15-11(17-12)18-13)14-6-7-21-9-8-20-3/h4-9,13H2,1-3H3,(H2,14,15,16,17,18). The minimum atomic E-state index is 0.328. The third kappa shape index (κ3) is 6.06. The lowest BCUT2D eigenvalue weighted by molar-refractivity contribution is 0.0759. The second kappa shape index (κ2) is 10.1. The molecule has 0 aliphatic rings. The van der Waals surface area contributed by atoms with E-state index in [1.54, 1.807) is 7.11 Å². The van der Waals surface area contributed by atoms with Crippen LogP contribution in [-0.2, 0) is 9.47 Å². The summed E-state index contributed by atoms with van der Waals surface area (Å²) >= 11 is 0. The zero-order valence-electron chi connectivity index (χ0n) is 12.9. The molecule has 9 nitrogen and oxygen atoms in total. The van der Waals surface area contributed by atoms with Crippen LogP contribution in [0.15, 0.2) is 0 Å². The number of nitrogens with one attached hydrogen (secondary N) is 2. The van der Waals surface area contributed by atoms with Gasteiger partial charge in [0.2, 0.25) is 17.8 Å². The Bertz CT molecular complexity index is 401. The normalized spacial score (nSPS) is 10.5. The highest BCUT2D eigenvalue weighted by molar-refractivity contribution is 5.43. The molecule has 0 spiro atoms. The maximum absolute atomic E-state index is 5.39. The van der Waals surface area contributed by atoms with E-state index in [1.807, 2.05) is 18.7 Å². The summed E-state index contributed by atoms with van der Waals surface area (Å²) in [5.74, 6) is 6.78. The molecule has 4 N–H and O–H groups in total. The minimum Gasteiger partial charge on any atom is -0.382 e. The molecule has 21 heavy (non-hydrogen) atoms. The average Bonchev–Trinajstić information content (AvgIpc) is 2.51. The van der Waals surface area contributed by atoms with Gasteiger partial charge >= 0.3 is 0 Å². The van der Waals surface area contributed by atoms with Gasteiger partial charge in [-0.05, 0) is 13.8 Å². The lowest BCUT2D eigenvalue weighted by Gasteiger charge is -2.19. The lowest BCUT2D eigenvalue weighted by Crippen LogP contribution is -2.26. The SMILES string of the molecule is CCN(CC)c1nc(NN)nc(NCCOCCOC)n1. The summed E-state index contributed by atoms with van der Waals surface area (Å²) in [5, 5.41) is 3.09. The van der Waals surface area contributed by atoms with Crippen molar-refractivity contribution in [3.8, 4) is 0 Å². The van der Waals surface area contributed by atoms with Gasteiger partial charge in [-0.3, -0.25) is 5.43 Å². The highest BCUT2D eigenvalue weighted by atomic mass is 16.5. The van der Waals surface area contributed by atoms with Gasteiger partial charge in [-0.25, -0.2) is 5.84 Å². The number of nitrogen functional groups attached to an aromatic ring is 1. The summed E-state index contributed by atoms with van der Waals surface area (Å²) in [5.41, 5.74) is 2.45. The molecular weight excluding hydrogens is 274 g/mol. The molecule has 9 heteroatoms. The molecule has 120 valence electrons. The highest BCUT2D eigenvalue weighted by Gasteiger charge is 2.10. The van der Waals surface area contributed by atoms with E-state index in [4.69, 9.17) is 15.3 Å². The van der Waals surface area contributed by atoms with Crippen molar-refractivity contribution >= 4 is 17.8 Å². The van der Waals surface area contributed by atoms with Crippen LogP contribution < -0.4 is 21.5 Å². The number of anilines is 3. The number of hydrazine groups is 1. The van der Waals surface area contributed by atoms with Crippen molar-refractivity contribution in [3.63, 3.8) is 0 Å². The fourth-order valence-electron chi connectivity index (χ4n) is 1.64. The van der Waals surface area contributed by atoms with Crippen molar-refractivity contribution in [2.45, 2.75) is 13.8 Å². The quantitative estimate of drug-likeness (QED) is 0.297. The summed E-state index contributed by atoms with van der Waals surface area (Å²) in [4.78, 5) is 14.8. The number of nitrogens with two attached hydrogens (primary N) is 1. The summed E-state index contributed by atoms with van der Waals surface area (Å²) < 4.78 is 10.3. The molecule has 0 radical (unpaired) electrons. The number of ether oxygens (including phenoxy) is 2. The van der Waals surface area contributed by atoms with Gasteiger partial charge in [0, 0.05) is 26.7 Å². The van der Waals surface area contributed by atoms with Crippen LogP contribution in [0.25, 0.3) is 0 Å². The van der Waals surface area contributed by atoms with Gasteiger partial charge in [-0.1, -0.05) is 0 Å². The van der Waals surface area contributed by atoms with Gasteiger partial charge in [0.15, 0.2) is 0 Å². The Balaban J connectivity index is 2.58. The molecule has 0 saturated heterocycles. The van der Waals surface area contributed by atoms with Crippen molar-refractivity contribution in [1.29, 1.82) is 0 Å². The van der Waals surface area contributed by atoms with E-state index in [1.165, 1.54) is 0 Å². The molecule has 0 aliphatic heterocycles. The third-order valence-corrected chi connectivity index (χ3v) is 2.76. The summed E-state index contributed by atoms with van der Waals surface area (Å²) in [6.07, 6.45) is 0. The predicted octanol–water partition coefficient (Wildman–Crippen LogP) is 0.0783. The van der Waals surface area contributed by atoms with E-state index >= 15 is 0 Å². The van der Waals surface area contributed by atoms with E-state index in [-0.39, 0.29) is 0 Å². The van der Waals surface area contributed by atoms with Crippen LogP contribution in [0.2, 0.25) is 0 Å². The van der Waals surface area contributed by atoms with E-state index in [0.717, 1.165) is 13.1 Å². The molecule has 0 amide bonds. The van der Waals surface area contributed by atoms with Crippen molar-refractivity contribution in [2.24, 2.45) is 5.84 Å². The van der Waals surface area contributed by atoms with Gasteiger partial charge < -0.3 is 19.7 Å². The predicted molar refractivity (Wildman–Crippen MR) is 82.4 cm³/mol. The van der Waals surface area contributed by atoms with Gasteiger partial charge in [0.25, 0.3) is 0 Å². The molecule has 0 aromatic carbocycles. The van der Waals surface area contributed by atoms with Crippen LogP contribution >= 0.6 is 0 Å². The Morgan fingerprint density at radius 2 is 1.76 bits per heavy atom.